The van der Waals surface area contributed by atoms with Crippen LogP contribution in [0.4, 0.5) is 0 Å². The predicted octanol–water partition coefficient (Wildman–Crippen LogP) is 1.11. The van der Waals surface area contributed by atoms with Crippen LogP contribution in [0, 0.1) is 0 Å². The number of carbonyl (C=O) groups is 2. The van der Waals surface area contributed by atoms with Gasteiger partial charge in [0.15, 0.2) is 5.76 Å². The molecule has 0 saturated heterocycles. The van der Waals surface area contributed by atoms with Gasteiger partial charge in [-0.05, 0) is 29.8 Å². The molecule has 1 heterocycles. The molecule has 2 amide bonds. The van der Waals surface area contributed by atoms with Crippen LogP contribution in [0.5, 0.6) is 0 Å². The van der Waals surface area contributed by atoms with Crippen LogP contribution in [-0.4, -0.2) is 23.8 Å². The van der Waals surface area contributed by atoms with Crippen molar-refractivity contribution in [3.63, 3.8) is 0 Å². The van der Waals surface area contributed by atoms with E-state index in [2.05, 4.69) is 0 Å². The third kappa shape index (κ3) is 3.49. The van der Waals surface area contributed by atoms with Crippen LogP contribution < -0.4 is 11.5 Å². The molecule has 2 aromatic rings. The number of hydrogen-bond acceptors (Lipinski definition) is 4. The zero-order chi connectivity index (χ0) is 15.4. The molecular weight excluding hydrogens is 270 g/mol. The second-order valence-corrected chi connectivity index (χ2v) is 4.69. The van der Waals surface area contributed by atoms with Crippen molar-refractivity contribution in [3.05, 3.63) is 59.0 Å². The molecule has 6 nitrogen and oxygen atoms in total. The highest BCUT2D eigenvalue weighted by Crippen LogP contribution is 2.12. The Morgan fingerprint density at radius 3 is 2.33 bits per heavy atom. The Labute approximate surface area is 122 Å². The topological polar surface area (TPSA) is 103 Å². The summed E-state index contributed by atoms with van der Waals surface area (Å²) in [5.41, 5.74) is 12.0. The van der Waals surface area contributed by atoms with Crippen molar-refractivity contribution in [1.82, 2.24) is 4.90 Å². The first-order chi connectivity index (χ1) is 10.0. The molecule has 0 radical (unpaired) electrons. The Hall–Kier alpha value is -2.60. The molecule has 0 aliphatic carbocycles. The van der Waals surface area contributed by atoms with Crippen molar-refractivity contribution in [2.45, 2.75) is 13.1 Å². The number of rotatable bonds is 5. The minimum Gasteiger partial charge on any atom is -0.455 e. The fourth-order valence-corrected chi connectivity index (χ4v) is 1.91. The predicted molar refractivity (Wildman–Crippen MR) is 77.4 cm³/mol. The fourth-order valence-electron chi connectivity index (χ4n) is 1.91. The minimum atomic E-state index is -0.476. The van der Waals surface area contributed by atoms with E-state index >= 15 is 0 Å². The van der Waals surface area contributed by atoms with Gasteiger partial charge in [-0.15, -0.1) is 0 Å². The maximum atomic E-state index is 12.2. The Bertz CT molecular complexity index is 646. The molecule has 1 aromatic heterocycles. The van der Waals surface area contributed by atoms with Gasteiger partial charge in [0.25, 0.3) is 5.91 Å². The van der Waals surface area contributed by atoms with Crippen LogP contribution in [0.3, 0.4) is 0 Å². The van der Waals surface area contributed by atoms with E-state index in [4.69, 9.17) is 15.9 Å². The molecule has 1 aromatic carbocycles. The zero-order valence-electron chi connectivity index (χ0n) is 11.7. The van der Waals surface area contributed by atoms with E-state index in [0.29, 0.717) is 17.9 Å². The number of furan rings is 1. The average Bonchev–Trinajstić information content (AvgIpc) is 2.95. The standard InChI is InChI=1S/C15H17N3O3/c1-18(15(20)13-7-6-12(8-16)21-13)9-10-2-4-11(5-3-10)14(17)19/h2-7H,8-9,16H2,1H3,(H2,17,19). The number of amides is 2. The Kier molecular flexibility index (Phi) is 4.39. The third-order valence-electron chi connectivity index (χ3n) is 3.08. The van der Waals surface area contributed by atoms with Gasteiger partial charge in [-0.25, -0.2) is 0 Å². The summed E-state index contributed by atoms with van der Waals surface area (Å²) >= 11 is 0. The second kappa shape index (κ2) is 6.23. The highest BCUT2D eigenvalue weighted by molar-refractivity contribution is 5.93. The van der Waals surface area contributed by atoms with E-state index in [0.717, 1.165) is 5.56 Å². The van der Waals surface area contributed by atoms with E-state index < -0.39 is 5.91 Å². The average molecular weight is 287 g/mol. The molecule has 6 heteroatoms. The van der Waals surface area contributed by atoms with Crippen LogP contribution in [0.1, 0.15) is 32.2 Å². The fraction of sp³-hybridized carbons (Fsp3) is 0.200. The van der Waals surface area contributed by atoms with Crippen LogP contribution in [0.2, 0.25) is 0 Å². The molecular formula is C15H17N3O3. The first-order valence-electron chi connectivity index (χ1n) is 6.44. The molecule has 0 spiro atoms. The molecule has 2 rings (SSSR count). The number of benzene rings is 1. The van der Waals surface area contributed by atoms with Gasteiger partial charge in [0, 0.05) is 19.2 Å². The SMILES string of the molecule is CN(Cc1ccc(C(N)=O)cc1)C(=O)c1ccc(CN)o1. The largest absolute Gasteiger partial charge is 0.455 e. The molecule has 0 aliphatic heterocycles. The molecule has 110 valence electrons. The smallest absolute Gasteiger partial charge is 0.289 e. The molecule has 0 saturated carbocycles. The molecule has 0 unspecified atom stereocenters. The van der Waals surface area contributed by atoms with Gasteiger partial charge < -0.3 is 20.8 Å². The number of primary amides is 1. The number of hydrogen-bond donors (Lipinski definition) is 2. The monoisotopic (exact) mass is 287 g/mol. The molecule has 0 bridgehead atoms. The lowest BCUT2D eigenvalue weighted by Gasteiger charge is -2.16. The second-order valence-electron chi connectivity index (χ2n) is 4.69. The van der Waals surface area contributed by atoms with Crippen LogP contribution >= 0.6 is 0 Å². The highest BCUT2D eigenvalue weighted by atomic mass is 16.4. The Balaban J connectivity index is 2.04. The summed E-state index contributed by atoms with van der Waals surface area (Å²) in [5.74, 6) is 0.119. The molecule has 0 atom stereocenters. The van der Waals surface area contributed by atoms with Gasteiger partial charge >= 0.3 is 0 Å². The summed E-state index contributed by atoms with van der Waals surface area (Å²) in [6.45, 7) is 0.655. The maximum Gasteiger partial charge on any atom is 0.289 e. The van der Waals surface area contributed by atoms with Crippen molar-refractivity contribution in [2.75, 3.05) is 7.05 Å². The van der Waals surface area contributed by atoms with Gasteiger partial charge in [0.2, 0.25) is 5.91 Å². The number of nitrogens with zero attached hydrogens (tertiary/aromatic N) is 1. The van der Waals surface area contributed by atoms with Crippen molar-refractivity contribution in [1.29, 1.82) is 0 Å². The Morgan fingerprint density at radius 1 is 1.14 bits per heavy atom. The lowest BCUT2D eigenvalue weighted by atomic mass is 10.1. The van der Waals surface area contributed by atoms with E-state index in [-0.39, 0.29) is 18.2 Å². The highest BCUT2D eigenvalue weighted by Gasteiger charge is 2.16. The third-order valence-corrected chi connectivity index (χ3v) is 3.08. The Morgan fingerprint density at radius 2 is 1.81 bits per heavy atom. The van der Waals surface area contributed by atoms with Gasteiger partial charge in [0.1, 0.15) is 5.76 Å². The normalized spacial score (nSPS) is 10.4. The zero-order valence-corrected chi connectivity index (χ0v) is 11.7. The molecule has 0 aliphatic rings. The van der Waals surface area contributed by atoms with Crippen LogP contribution in [0.25, 0.3) is 0 Å². The van der Waals surface area contributed by atoms with Gasteiger partial charge in [-0.1, -0.05) is 12.1 Å². The van der Waals surface area contributed by atoms with Crippen molar-refractivity contribution >= 4 is 11.8 Å². The van der Waals surface area contributed by atoms with E-state index in [9.17, 15) is 9.59 Å². The summed E-state index contributed by atoms with van der Waals surface area (Å²) in [4.78, 5) is 24.7. The molecule has 21 heavy (non-hydrogen) atoms. The minimum absolute atomic E-state index is 0.228. The van der Waals surface area contributed by atoms with Crippen molar-refractivity contribution in [3.8, 4) is 0 Å². The van der Waals surface area contributed by atoms with Crippen LogP contribution in [0.15, 0.2) is 40.8 Å². The van der Waals surface area contributed by atoms with Gasteiger partial charge in [-0.3, -0.25) is 9.59 Å². The first-order valence-corrected chi connectivity index (χ1v) is 6.44. The molecule has 0 fully saturated rings. The summed E-state index contributed by atoms with van der Waals surface area (Å²) < 4.78 is 5.33. The van der Waals surface area contributed by atoms with E-state index in [1.807, 2.05) is 0 Å². The lowest BCUT2D eigenvalue weighted by Crippen LogP contribution is -2.25. The lowest BCUT2D eigenvalue weighted by molar-refractivity contribution is 0.0751. The van der Waals surface area contributed by atoms with E-state index in [1.165, 1.54) is 4.90 Å². The summed E-state index contributed by atoms with van der Waals surface area (Å²) in [7, 11) is 1.68. The number of carbonyl (C=O) groups excluding carboxylic acids is 2. The number of nitrogens with two attached hydrogens (primary N) is 2. The summed E-state index contributed by atoms with van der Waals surface area (Å²) in [5, 5.41) is 0. The van der Waals surface area contributed by atoms with Gasteiger partial charge in [0.05, 0.1) is 6.54 Å². The van der Waals surface area contributed by atoms with Crippen LogP contribution in [-0.2, 0) is 13.1 Å². The first kappa shape index (κ1) is 14.8. The maximum absolute atomic E-state index is 12.2. The summed E-state index contributed by atoms with van der Waals surface area (Å²) in [6, 6.07) is 10.1. The van der Waals surface area contributed by atoms with Gasteiger partial charge in [-0.2, -0.15) is 0 Å². The van der Waals surface area contributed by atoms with E-state index in [1.54, 1.807) is 43.4 Å². The quantitative estimate of drug-likeness (QED) is 0.859. The van der Waals surface area contributed by atoms with Crippen molar-refractivity contribution < 1.29 is 14.0 Å². The van der Waals surface area contributed by atoms with Crippen molar-refractivity contribution in [2.24, 2.45) is 11.5 Å². The molecule has 4 N–H and O–H groups in total. The summed E-state index contributed by atoms with van der Waals surface area (Å²) in [6.07, 6.45) is 0.